The number of rotatable bonds is 2. The van der Waals surface area contributed by atoms with Crippen LogP contribution in [0, 0.1) is 5.82 Å². The molecule has 0 radical (unpaired) electrons. The summed E-state index contributed by atoms with van der Waals surface area (Å²) in [5.41, 5.74) is 12.5. The first-order valence-electron chi connectivity index (χ1n) is 4.43. The van der Waals surface area contributed by atoms with Crippen LogP contribution in [0.4, 0.5) is 4.39 Å². The lowest BCUT2D eigenvalue weighted by molar-refractivity contribution is 0.602. The highest BCUT2D eigenvalue weighted by Crippen LogP contribution is 2.42. The van der Waals surface area contributed by atoms with Crippen LogP contribution in [0.2, 0.25) is 0 Å². The molecule has 0 atom stereocenters. The lowest BCUT2D eigenvalue weighted by Crippen LogP contribution is -2.19. The Labute approximate surface area is 76.7 Å². The predicted molar refractivity (Wildman–Crippen MR) is 49.4 cm³/mol. The average Bonchev–Trinajstić information content (AvgIpc) is 2.85. The zero-order chi connectivity index (χ0) is 9.47. The van der Waals surface area contributed by atoms with Crippen LogP contribution in [0.5, 0.6) is 0 Å². The third-order valence-corrected chi connectivity index (χ3v) is 2.64. The normalized spacial score (nSPS) is 18.7. The highest BCUT2D eigenvalue weighted by molar-refractivity contribution is 5.33. The molecule has 1 aromatic carbocycles. The van der Waals surface area contributed by atoms with Crippen molar-refractivity contribution in [2.45, 2.75) is 24.9 Å². The zero-order valence-corrected chi connectivity index (χ0v) is 7.39. The molecular formula is C10H13FN2. The summed E-state index contributed by atoms with van der Waals surface area (Å²) in [6, 6.07) is 5.10. The van der Waals surface area contributed by atoms with Crippen molar-refractivity contribution in [3.05, 3.63) is 35.1 Å². The molecule has 2 nitrogen and oxygen atoms in total. The Hall–Kier alpha value is -0.930. The molecule has 0 saturated heterocycles. The van der Waals surface area contributed by atoms with Crippen LogP contribution >= 0.6 is 0 Å². The fourth-order valence-corrected chi connectivity index (χ4v) is 1.45. The minimum absolute atomic E-state index is 0.239. The third-order valence-electron chi connectivity index (χ3n) is 2.64. The second-order valence-electron chi connectivity index (χ2n) is 3.67. The summed E-state index contributed by atoms with van der Waals surface area (Å²) in [5.74, 6) is -0.239. The summed E-state index contributed by atoms with van der Waals surface area (Å²) < 4.78 is 13.3. The third kappa shape index (κ3) is 1.45. The maximum absolute atomic E-state index is 13.3. The molecule has 1 saturated carbocycles. The largest absolute Gasteiger partial charge is 0.326 e. The van der Waals surface area contributed by atoms with Crippen LogP contribution < -0.4 is 11.5 Å². The second kappa shape index (κ2) is 2.79. The average molecular weight is 180 g/mol. The second-order valence-corrected chi connectivity index (χ2v) is 3.67. The number of nitrogens with two attached hydrogens (primary N) is 2. The number of hydrogen-bond donors (Lipinski definition) is 2. The van der Waals surface area contributed by atoms with Gasteiger partial charge in [0.25, 0.3) is 0 Å². The van der Waals surface area contributed by atoms with Crippen LogP contribution in [0.15, 0.2) is 18.2 Å². The van der Waals surface area contributed by atoms with E-state index in [1.807, 2.05) is 6.07 Å². The Kier molecular flexibility index (Phi) is 1.86. The van der Waals surface area contributed by atoms with Gasteiger partial charge in [0.15, 0.2) is 0 Å². The zero-order valence-electron chi connectivity index (χ0n) is 7.39. The molecular weight excluding hydrogens is 167 g/mol. The number of hydrogen-bond acceptors (Lipinski definition) is 2. The van der Waals surface area contributed by atoms with Crippen molar-refractivity contribution in [1.82, 2.24) is 0 Å². The summed E-state index contributed by atoms with van der Waals surface area (Å²) in [5, 5.41) is 0. The van der Waals surface area contributed by atoms with E-state index in [4.69, 9.17) is 11.5 Å². The van der Waals surface area contributed by atoms with E-state index in [-0.39, 0.29) is 17.9 Å². The molecule has 1 aliphatic carbocycles. The fourth-order valence-electron chi connectivity index (χ4n) is 1.45. The van der Waals surface area contributed by atoms with Crippen molar-refractivity contribution in [1.29, 1.82) is 0 Å². The van der Waals surface area contributed by atoms with Gasteiger partial charge in [-0.25, -0.2) is 4.39 Å². The molecule has 0 unspecified atom stereocenters. The summed E-state index contributed by atoms with van der Waals surface area (Å²) in [6.45, 7) is 0.240. The van der Waals surface area contributed by atoms with Crippen LogP contribution in [0.1, 0.15) is 24.0 Å². The molecule has 0 aliphatic heterocycles. The molecule has 0 aromatic heterocycles. The van der Waals surface area contributed by atoms with Gasteiger partial charge in [-0.1, -0.05) is 12.1 Å². The molecule has 0 amide bonds. The van der Waals surface area contributed by atoms with Gasteiger partial charge in [-0.2, -0.15) is 0 Å². The van der Waals surface area contributed by atoms with Crippen LogP contribution in [0.3, 0.4) is 0 Å². The Morgan fingerprint density at radius 1 is 1.38 bits per heavy atom. The molecule has 70 valence electrons. The maximum atomic E-state index is 13.3. The number of benzene rings is 1. The lowest BCUT2D eigenvalue weighted by atomic mass is 10.0. The topological polar surface area (TPSA) is 52.0 Å². The molecule has 4 N–H and O–H groups in total. The van der Waals surface area contributed by atoms with Gasteiger partial charge in [-0.15, -0.1) is 0 Å². The molecule has 1 aliphatic rings. The number of halogens is 1. The molecule has 2 rings (SSSR count). The summed E-state index contributed by atoms with van der Waals surface area (Å²) >= 11 is 0. The van der Waals surface area contributed by atoms with E-state index in [0.717, 1.165) is 18.4 Å². The lowest BCUT2D eigenvalue weighted by Gasteiger charge is -2.10. The SMILES string of the molecule is NCc1ccc(C2(N)CC2)cc1F. The van der Waals surface area contributed by atoms with Gasteiger partial charge >= 0.3 is 0 Å². The summed E-state index contributed by atoms with van der Waals surface area (Å²) in [4.78, 5) is 0. The van der Waals surface area contributed by atoms with Gasteiger partial charge in [0.2, 0.25) is 0 Å². The Balaban J connectivity index is 2.36. The first kappa shape index (κ1) is 8.66. The van der Waals surface area contributed by atoms with Gasteiger partial charge in [0.1, 0.15) is 5.82 Å². The smallest absolute Gasteiger partial charge is 0.128 e. The van der Waals surface area contributed by atoms with E-state index in [9.17, 15) is 4.39 Å². The molecule has 3 heteroatoms. The van der Waals surface area contributed by atoms with Crippen LogP contribution in [-0.2, 0) is 12.1 Å². The minimum Gasteiger partial charge on any atom is -0.326 e. The van der Waals surface area contributed by atoms with Gasteiger partial charge < -0.3 is 11.5 Å². The molecule has 1 fully saturated rings. The van der Waals surface area contributed by atoms with E-state index < -0.39 is 0 Å². The van der Waals surface area contributed by atoms with Crippen LogP contribution in [0.25, 0.3) is 0 Å². The monoisotopic (exact) mass is 180 g/mol. The quantitative estimate of drug-likeness (QED) is 0.719. The summed E-state index contributed by atoms with van der Waals surface area (Å²) in [7, 11) is 0. The van der Waals surface area contributed by atoms with Gasteiger partial charge in [0, 0.05) is 17.6 Å². The molecule has 1 aromatic rings. The Morgan fingerprint density at radius 2 is 2.08 bits per heavy atom. The van der Waals surface area contributed by atoms with Crippen molar-refractivity contribution in [3.63, 3.8) is 0 Å². The van der Waals surface area contributed by atoms with Gasteiger partial charge in [0.05, 0.1) is 0 Å². The van der Waals surface area contributed by atoms with Gasteiger partial charge in [-0.05, 0) is 24.5 Å². The van der Waals surface area contributed by atoms with Gasteiger partial charge in [-0.3, -0.25) is 0 Å². The highest BCUT2D eigenvalue weighted by Gasteiger charge is 2.40. The molecule has 0 heterocycles. The van der Waals surface area contributed by atoms with E-state index >= 15 is 0 Å². The first-order valence-corrected chi connectivity index (χ1v) is 4.43. The molecule has 0 spiro atoms. The fraction of sp³-hybridized carbons (Fsp3) is 0.400. The first-order chi connectivity index (χ1) is 6.15. The van der Waals surface area contributed by atoms with Crippen molar-refractivity contribution in [3.8, 4) is 0 Å². The van der Waals surface area contributed by atoms with Crippen molar-refractivity contribution in [2.24, 2.45) is 11.5 Å². The maximum Gasteiger partial charge on any atom is 0.128 e. The highest BCUT2D eigenvalue weighted by atomic mass is 19.1. The van der Waals surface area contributed by atoms with E-state index in [1.165, 1.54) is 6.07 Å². The predicted octanol–water partition coefficient (Wildman–Crippen LogP) is 1.23. The van der Waals surface area contributed by atoms with E-state index in [0.29, 0.717) is 5.56 Å². The standard InChI is InChI=1S/C10H13FN2/c11-9-5-8(10(13)3-4-10)2-1-7(9)6-12/h1-2,5H,3-4,6,12-13H2. The van der Waals surface area contributed by atoms with Crippen molar-refractivity contribution >= 4 is 0 Å². The van der Waals surface area contributed by atoms with Crippen molar-refractivity contribution in [2.75, 3.05) is 0 Å². The Morgan fingerprint density at radius 3 is 2.54 bits per heavy atom. The van der Waals surface area contributed by atoms with Crippen LogP contribution in [-0.4, -0.2) is 0 Å². The van der Waals surface area contributed by atoms with E-state index in [2.05, 4.69) is 0 Å². The van der Waals surface area contributed by atoms with Crippen molar-refractivity contribution < 1.29 is 4.39 Å². The minimum atomic E-state index is -0.256. The Bertz CT molecular complexity index is 332. The van der Waals surface area contributed by atoms with E-state index in [1.54, 1.807) is 6.07 Å². The molecule has 0 bridgehead atoms. The summed E-state index contributed by atoms with van der Waals surface area (Å²) in [6.07, 6.45) is 1.91. The molecule has 13 heavy (non-hydrogen) atoms.